The van der Waals surface area contributed by atoms with Crippen LogP contribution in [-0.4, -0.2) is 0 Å². The van der Waals surface area contributed by atoms with E-state index in [2.05, 4.69) is 12.1 Å². The van der Waals surface area contributed by atoms with Gasteiger partial charge in [-0.15, -0.1) is 0 Å². The molecule has 0 aliphatic heterocycles. The van der Waals surface area contributed by atoms with Crippen molar-refractivity contribution in [1.82, 2.24) is 0 Å². The Balaban J connectivity index is 1.97. The molecular formula is C29H26Cl2F2N2. The maximum atomic E-state index is 15.7. The van der Waals surface area contributed by atoms with Gasteiger partial charge in [-0.25, -0.2) is 8.78 Å². The Morgan fingerprint density at radius 2 is 1.31 bits per heavy atom. The lowest BCUT2D eigenvalue weighted by molar-refractivity contribution is 0.518. The molecule has 0 fully saturated rings. The van der Waals surface area contributed by atoms with E-state index < -0.39 is 17.6 Å². The zero-order chi connectivity index (χ0) is 25.9. The van der Waals surface area contributed by atoms with E-state index in [1.807, 2.05) is 20.8 Å². The summed E-state index contributed by atoms with van der Waals surface area (Å²) in [7, 11) is 0. The van der Waals surface area contributed by atoms with Gasteiger partial charge in [0.25, 0.3) is 0 Å². The van der Waals surface area contributed by atoms with Gasteiger partial charge in [0.05, 0.1) is 23.3 Å². The fourth-order valence-corrected chi connectivity index (χ4v) is 5.50. The molecule has 6 heteroatoms. The third-order valence-corrected chi connectivity index (χ3v) is 7.04. The van der Waals surface area contributed by atoms with Crippen molar-refractivity contribution in [2.24, 2.45) is 0 Å². The molecule has 2 nitrogen and oxygen atoms in total. The smallest absolute Gasteiger partial charge is 0.132 e. The molecule has 0 amide bonds. The second-order valence-corrected chi connectivity index (χ2v) is 10.0. The average molecular weight is 511 g/mol. The number of benzene rings is 3. The quantitative estimate of drug-likeness (QED) is 0.318. The molecule has 2 atom stereocenters. The summed E-state index contributed by atoms with van der Waals surface area (Å²) in [6.45, 7) is 7.48. The zero-order valence-electron chi connectivity index (χ0n) is 20.1. The van der Waals surface area contributed by atoms with E-state index in [4.69, 9.17) is 23.2 Å². The minimum atomic E-state index is -0.626. The van der Waals surface area contributed by atoms with Crippen LogP contribution in [0.1, 0.15) is 84.4 Å². The van der Waals surface area contributed by atoms with Crippen LogP contribution in [0.4, 0.5) is 8.78 Å². The highest BCUT2D eigenvalue weighted by atomic mass is 35.5. The summed E-state index contributed by atoms with van der Waals surface area (Å²) >= 11 is 12.7. The molecule has 0 N–H and O–H groups in total. The van der Waals surface area contributed by atoms with Crippen molar-refractivity contribution in [1.29, 1.82) is 10.5 Å². The number of hydrogen-bond donors (Lipinski definition) is 0. The van der Waals surface area contributed by atoms with Crippen molar-refractivity contribution in [2.45, 2.75) is 58.3 Å². The van der Waals surface area contributed by atoms with E-state index in [1.165, 1.54) is 12.1 Å². The van der Waals surface area contributed by atoms with E-state index >= 15 is 4.39 Å². The number of hydrogen-bond acceptors (Lipinski definition) is 2. The molecule has 3 aromatic rings. The molecule has 180 valence electrons. The average Bonchev–Trinajstić information content (AvgIpc) is 2.80. The summed E-state index contributed by atoms with van der Waals surface area (Å²) in [5.74, 6) is -1.97. The number of halogens is 4. The first kappa shape index (κ1) is 26.7. The van der Waals surface area contributed by atoms with Crippen LogP contribution in [0.25, 0.3) is 0 Å². The highest BCUT2D eigenvalue weighted by molar-refractivity contribution is 6.36. The molecule has 0 saturated heterocycles. The Morgan fingerprint density at radius 1 is 0.743 bits per heavy atom. The van der Waals surface area contributed by atoms with Crippen molar-refractivity contribution in [3.8, 4) is 12.1 Å². The van der Waals surface area contributed by atoms with Crippen molar-refractivity contribution in [2.75, 3.05) is 0 Å². The van der Waals surface area contributed by atoms with E-state index in [9.17, 15) is 14.9 Å². The molecule has 0 aromatic heterocycles. The lowest BCUT2D eigenvalue weighted by Gasteiger charge is -2.21. The maximum Gasteiger partial charge on any atom is 0.132 e. The Labute approximate surface area is 215 Å². The normalized spacial score (nSPS) is 12.8. The van der Waals surface area contributed by atoms with Gasteiger partial charge in [-0.1, -0.05) is 69.1 Å². The van der Waals surface area contributed by atoms with Crippen LogP contribution in [0, 0.1) is 34.3 Å². The van der Waals surface area contributed by atoms with Gasteiger partial charge in [-0.05, 0) is 77.1 Å². The summed E-state index contributed by atoms with van der Waals surface area (Å²) in [5.41, 5.74) is 3.28. The van der Waals surface area contributed by atoms with Crippen molar-refractivity contribution < 1.29 is 8.78 Å². The second-order valence-electron chi connectivity index (χ2n) is 9.22. The molecular weight excluding hydrogens is 485 g/mol. The van der Waals surface area contributed by atoms with Crippen LogP contribution < -0.4 is 0 Å². The Morgan fingerprint density at radius 3 is 1.89 bits per heavy atom. The Bertz CT molecular complexity index is 1320. The van der Waals surface area contributed by atoms with Gasteiger partial charge in [0.2, 0.25) is 0 Å². The molecule has 0 radical (unpaired) electrons. The predicted octanol–water partition coefficient (Wildman–Crippen LogP) is 8.83. The van der Waals surface area contributed by atoms with Gasteiger partial charge in [0.15, 0.2) is 0 Å². The first-order chi connectivity index (χ1) is 16.6. The third-order valence-electron chi connectivity index (χ3n) is 6.39. The van der Waals surface area contributed by atoms with Crippen molar-refractivity contribution >= 4 is 23.2 Å². The van der Waals surface area contributed by atoms with Gasteiger partial charge < -0.3 is 0 Å². The summed E-state index contributed by atoms with van der Waals surface area (Å²) < 4.78 is 30.5. The molecule has 0 aliphatic carbocycles. The minimum Gasteiger partial charge on any atom is -0.207 e. The lowest BCUT2D eigenvalue weighted by atomic mass is 9.84. The van der Waals surface area contributed by atoms with Gasteiger partial charge in [0, 0.05) is 15.6 Å². The van der Waals surface area contributed by atoms with Crippen LogP contribution in [-0.2, 0) is 12.8 Å². The summed E-state index contributed by atoms with van der Waals surface area (Å²) in [6.07, 6.45) is 0.560. The molecule has 3 rings (SSSR count). The number of nitriles is 2. The molecule has 2 unspecified atom stereocenters. The lowest BCUT2D eigenvalue weighted by Crippen LogP contribution is -2.11. The van der Waals surface area contributed by atoms with E-state index in [0.29, 0.717) is 44.3 Å². The van der Waals surface area contributed by atoms with E-state index in [-0.39, 0.29) is 23.8 Å². The second kappa shape index (κ2) is 11.2. The monoisotopic (exact) mass is 510 g/mol. The standard InChI is InChI=1S/C29H26Cl2F2N2/c1-16(2)26-21(14-34)9-8-19(22(26)15-35)12-18(4)28-25(32)11-10-20(29(28)33)13-17(3)27-23(30)6-5-7-24(27)31/h5-11,16-18H,12-13H2,1-4H3. The van der Waals surface area contributed by atoms with E-state index in [0.717, 1.165) is 5.56 Å². The minimum absolute atomic E-state index is 0.0145. The summed E-state index contributed by atoms with van der Waals surface area (Å²) in [6, 6.07) is 15.7. The van der Waals surface area contributed by atoms with Gasteiger partial charge >= 0.3 is 0 Å². The van der Waals surface area contributed by atoms with Crippen molar-refractivity contribution in [3.63, 3.8) is 0 Å². The number of rotatable bonds is 7. The molecule has 0 heterocycles. The first-order valence-corrected chi connectivity index (χ1v) is 12.2. The molecule has 0 saturated carbocycles. The van der Waals surface area contributed by atoms with Crippen LogP contribution in [0.5, 0.6) is 0 Å². The van der Waals surface area contributed by atoms with Crippen molar-refractivity contribution in [3.05, 3.63) is 103 Å². The third kappa shape index (κ3) is 5.51. The highest BCUT2D eigenvalue weighted by Gasteiger charge is 2.24. The van der Waals surface area contributed by atoms with Crippen LogP contribution >= 0.6 is 23.2 Å². The Kier molecular flexibility index (Phi) is 8.55. The molecule has 3 aromatic carbocycles. The Hall–Kier alpha value is -2.92. The van der Waals surface area contributed by atoms with Gasteiger partial charge in [-0.3, -0.25) is 0 Å². The van der Waals surface area contributed by atoms with E-state index in [1.54, 1.807) is 37.3 Å². The maximum absolute atomic E-state index is 15.7. The fraction of sp³-hybridized carbons (Fsp3) is 0.310. The van der Waals surface area contributed by atoms with Crippen LogP contribution in [0.15, 0.2) is 42.5 Å². The summed E-state index contributed by atoms with van der Waals surface area (Å²) in [5, 5.41) is 20.3. The SMILES string of the molecule is CC(C)c1c(C#N)ccc(CC(C)c2c(F)ccc(CC(C)c3c(Cl)cccc3Cl)c2F)c1C#N. The van der Waals surface area contributed by atoms with Gasteiger partial charge in [-0.2, -0.15) is 10.5 Å². The molecule has 0 bridgehead atoms. The number of nitrogens with zero attached hydrogens (tertiary/aromatic N) is 2. The van der Waals surface area contributed by atoms with Crippen LogP contribution in [0.2, 0.25) is 10.0 Å². The summed E-state index contributed by atoms with van der Waals surface area (Å²) in [4.78, 5) is 0. The van der Waals surface area contributed by atoms with Crippen LogP contribution in [0.3, 0.4) is 0 Å². The molecule has 35 heavy (non-hydrogen) atoms. The first-order valence-electron chi connectivity index (χ1n) is 11.5. The largest absolute Gasteiger partial charge is 0.207 e. The predicted molar refractivity (Wildman–Crippen MR) is 137 cm³/mol. The zero-order valence-corrected chi connectivity index (χ0v) is 21.6. The highest BCUT2D eigenvalue weighted by Crippen LogP contribution is 2.36. The molecule has 0 spiro atoms. The fourth-order valence-electron chi connectivity index (χ4n) is 4.73. The molecule has 0 aliphatic rings. The topological polar surface area (TPSA) is 47.6 Å². The van der Waals surface area contributed by atoms with Gasteiger partial charge in [0.1, 0.15) is 11.6 Å².